The Hall–Kier alpha value is -4.79. The summed E-state index contributed by atoms with van der Waals surface area (Å²) < 4.78 is 11.9. The van der Waals surface area contributed by atoms with Gasteiger partial charge in [0.15, 0.2) is 0 Å². The van der Waals surface area contributed by atoms with E-state index in [1.807, 2.05) is 72.8 Å². The third-order valence-corrected chi connectivity index (χ3v) is 5.30. The minimum atomic E-state index is -0.558. The van der Waals surface area contributed by atoms with Crippen molar-refractivity contribution in [2.75, 3.05) is 7.11 Å². The van der Waals surface area contributed by atoms with E-state index in [0.717, 1.165) is 39.8 Å². The quantitative estimate of drug-likeness (QED) is 0.419. The van der Waals surface area contributed by atoms with E-state index in [-0.39, 0.29) is 6.54 Å². The van der Waals surface area contributed by atoms with Crippen molar-refractivity contribution in [2.45, 2.75) is 6.54 Å². The second kappa shape index (κ2) is 8.99. The molecule has 168 valence electrons. The van der Waals surface area contributed by atoms with Crippen molar-refractivity contribution in [3.8, 4) is 39.7 Å². The van der Waals surface area contributed by atoms with Gasteiger partial charge in [-0.15, -0.1) is 0 Å². The number of H-pyrrole nitrogens is 1. The third-order valence-electron chi connectivity index (χ3n) is 5.30. The molecule has 5 aromatic rings. The summed E-state index contributed by atoms with van der Waals surface area (Å²) in [6.07, 6.45) is 1.07. The summed E-state index contributed by atoms with van der Waals surface area (Å²) in [5.74, 6) is 1.69. The van der Waals surface area contributed by atoms with Crippen molar-refractivity contribution >= 4 is 0 Å². The zero-order valence-electron chi connectivity index (χ0n) is 18.1. The average Bonchev–Trinajstić information content (AvgIpc) is 3.37. The highest BCUT2D eigenvalue weighted by atomic mass is 16.5. The molecule has 0 unspecified atom stereocenters. The summed E-state index contributed by atoms with van der Waals surface area (Å²) in [5.41, 5.74) is 3.49. The van der Waals surface area contributed by atoms with Crippen LogP contribution in [-0.4, -0.2) is 32.0 Å². The highest BCUT2D eigenvalue weighted by molar-refractivity contribution is 5.68. The number of hydrogen-bond acceptors (Lipinski definition) is 7. The Balaban J connectivity index is 1.31. The van der Waals surface area contributed by atoms with Gasteiger partial charge in [0.05, 0.1) is 13.7 Å². The molecule has 0 radical (unpaired) electrons. The van der Waals surface area contributed by atoms with Gasteiger partial charge in [-0.05, 0) is 41.0 Å². The maximum absolute atomic E-state index is 11.8. The lowest BCUT2D eigenvalue weighted by Gasteiger charge is -2.04. The van der Waals surface area contributed by atoms with Crippen LogP contribution in [-0.2, 0) is 6.54 Å². The highest BCUT2D eigenvalue weighted by Crippen LogP contribution is 2.27. The number of aromatic amines is 1. The summed E-state index contributed by atoms with van der Waals surface area (Å²) in [6.45, 7) is 0.230. The second-order valence-electron chi connectivity index (χ2n) is 7.52. The van der Waals surface area contributed by atoms with Gasteiger partial charge in [0.2, 0.25) is 5.82 Å². The first-order valence-electron chi connectivity index (χ1n) is 10.4. The fourth-order valence-electron chi connectivity index (χ4n) is 3.47. The number of benzene rings is 3. The molecule has 0 bridgehead atoms. The molecular weight excluding hydrogens is 434 g/mol. The molecule has 9 heteroatoms. The lowest BCUT2D eigenvalue weighted by molar-refractivity contribution is 0.415. The average molecular weight is 453 g/mol. The predicted octanol–water partition coefficient (Wildman–Crippen LogP) is 3.37. The zero-order chi connectivity index (χ0) is 23.5. The molecule has 0 atom stereocenters. The Bertz CT molecular complexity index is 1530. The fourth-order valence-corrected chi connectivity index (χ4v) is 3.47. The minimum Gasteiger partial charge on any atom is -0.497 e. The minimum absolute atomic E-state index is 0.230. The van der Waals surface area contributed by atoms with Crippen LogP contribution in [0.3, 0.4) is 0 Å². The van der Waals surface area contributed by atoms with Gasteiger partial charge in [0.25, 0.3) is 11.4 Å². The van der Waals surface area contributed by atoms with Crippen molar-refractivity contribution in [1.29, 1.82) is 0 Å². The summed E-state index contributed by atoms with van der Waals surface area (Å²) in [5, 5.41) is 7.93. The monoisotopic (exact) mass is 453 g/mol. The normalized spacial score (nSPS) is 10.9. The van der Waals surface area contributed by atoms with Crippen LogP contribution in [0.4, 0.5) is 0 Å². The van der Waals surface area contributed by atoms with Crippen molar-refractivity contribution in [3.05, 3.63) is 105 Å². The highest BCUT2D eigenvalue weighted by Gasteiger charge is 2.11. The van der Waals surface area contributed by atoms with Gasteiger partial charge < -0.3 is 9.26 Å². The number of aromatic nitrogens is 5. The molecule has 0 aliphatic heterocycles. The molecule has 0 saturated carbocycles. The number of nitrogens with zero attached hydrogens (tertiary/aromatic N) is 4. The topological polar surface area (TPSA) is 116 Å². The third kappa shape index (κ3) is 4.40. The molecule has 2 aromatic heterocycles. The number of hydrogen-bond donors (Lipinski definition) is 1. The molecule has 1 N–H and O–H groups in total. The number of methoxy groups -OCH3 is 1. The van der Waals surface area contributed by atoms with Gasteiger partial charge in [-0.2, -0.15) is 10.1 Å². The van der Waals surface area contributed by atoms with E-state index in [0.29, 0.717) is 11.7 Å². The molecule has 34 heavy (non-hydrogen) atoms. The van der Waals surface area contributed by atoms with Gasteiger partial charge >= 0.3 is 5.69 Å². The molecule has 3 aromatic carbocycles. The van der Waals surface area contributed by atoms with Gasteiger partial charge in [0, 0.05) is 11.1 Å². The van der Waals surface area contributed by atoms with Crippen LogP contribution in [0.5, 0.6) is 5.75 Å². The largest absolute Gasteiger partial charge is 0.497 e. The molecule has 5 rings (SSSR count). The van der Waals surface area contributed by atoms with E-state index in [9.17, 15) is 9.59 Å². The molecule has 0 spiro atoms. The van der Waals surface area contributed by atoms with E-state index >= 15 is 0 Å². The molecule has 2 heterocycles. The van der Waals surface area contributed by atoms with Crippen LogP contribution < -0.4 is 16.0 Å². The van der Waals surface area contributed by atoms with Gasteiger partial charge in [-0.25, -0.2) is 9.48 Å². The van der Waals surface area contributed by atoms with Crippen molar-refractivity contribution in [1.82, 2.24) is 24.9 Å². The van der Waals surface area contributed by atoms with Gasteiger partial charge in [0.1, 0.15) is 11.9 Å². The van der Waals surface area contributed by atoms with Crippen molar-refractivity contribution in [3.63, 3.8) is 0 Å². The van der Waals surface area contributed by atoms with Crippen LogP contribution in [0.1, 0.15) is 5.56 Å². The van der Waals surface area contributed by atoms with E-state index in [1.165, 1.54) is 4.68 Å². The number of ether oxygens (including phenoxy) is 1. The first kappa shape index (κ1) is 21.1. The SMILES string of the molecule is COc1ccc(-c2ccc(-c3nc(-c4ccc(Cn5ncc(=O)[nH]c5=O)cc4)no3)cc2)cc1. The number of rotatable bonds is 6. The first-order chi connectivity index (χ1) is 16.6. The van der Waals surface area contributed by atoms with Crippen LogP contribution in [0, 0.1) is 0 Å². The predicted molar refractivity (Wildman–Crippen MR) is 125 cm³/mol. The van der Waals surface area contributed by atoms with E-state index in [4.69, 9.17) is 9.26 Å². The Morgan fingerprint density at radius 3 is 2.12 bits per heavy atom. The molecular formula is C25H19N5O4. The van der Waals surface area contributed by atoms with E-state index in [1.54, 1.807) is 7.11 Å². The molecule has 0 amide bonds. The fraction of sp³-hybridized carbons (Fsp3) is 0.0800. The summed E-state index contributed by atoms with van der Waals surface area (Å²) in [7, 11) is 1.64. The van der Waals surface area contributed by atoms with E-state index in [2.05, 4.69) is 20.2 Å². The zero-order valence-corrected chi connectivity index (χ0v) is 18.1. The van der Waals surface area contributed by atoms with Crippen molar-refractivity contribution < 1.29 is 9.26 Å². The molecule has 0 aliphatic rings. The van der Waals surface area contributed by atoms with Crippen LogP contribution in [0.15, 0.2) is 93.1 Å². The Kier molecular flexibility index (Phi) is 5.57. The van der Waals surface area contributed by atoms with Crippen LogP contribution >= 0.6 is 0 Å². The lowest BCUT2D eigenvalue weighted by Crippen LogP contribution is -2.31. The lowest BCUT2D eigenvalue weighted by atomic mass is 10.0. The molecule has 0 fully saturated rings. The van der Waals surface area contributed by atoms with Crippen molar-refractivity contribution in [2.24, 2.45) is 0 Å². The molecule has 0 aliphatic carbocycles. The van der Waals surface area contributed by atoms with Crippen LogP contribution in [0.2, 0.25) is 0 Å². The summed E-state index contributed by atoms with van der Waals surface area (Å²) >= 11 is 0. The summed E-state index contributed by atoms with van der Waals surface area (Å²) in [6, 6.07) is 23.1. The first-order valence-corrected chi connectivity index (χ1v) is 10.4. The smallest absolute Gasteiger partial charge is 0.345 e. The van der Waals surface area contributed by atoms with Gasteiger partial charge in [-0.1, -0.05) is 53.7 Å². The van der Waals surface area contributed by atoms with E-state index < -0.39 is 11.2 Å². The Morgan fingerprint density at radius 1 is 0.853 bits per heavy atom. The summed E-state index contributed by atoms with van der Waals surface area (Å²) in [4.78, 5) is 29.6. The Labute approximate surface area is 193 Å². The molecule has 0 saturated heterocycles. The standard InChI is InChI=1S/C25H19N5O4/c1-33-21-12-10-18(11-13-21)17-6-8-20(9-7-17)24-28-23(29-34-24)19-4-2-16(3-5-19)15-30-25(32)27-22(31)14-26-30/h2-14H,15H2,1H3,(H,27,31,32). The second-order valence-corrected chi connectivity index (χ2v) is 7.52. The number of nitrogens with one attached hydrogen (secondary N) is 1. The van der Waals surface area contributed by atoms with Gasteiger partial charge in [-0.3, -0.25) is 9.78 Å². The Morgan fingerprint density at radius 2 is 1.47 bits per heavy atom. The molecule has 9 nitrogen and oxygen atoms in total. The maximum atomic E-state index is 11.8. The van der Waals surface area contributed by atoms with Crippen LogP contribution in [0.25, 0.3) is 34.0 Å². The maximum Gasteiger partial charge on any atom is 0.345 e.